The number of para-hydroxylation sites is 10. The topological polar surface area (TPSA) is 19.4 Å². The Kier molecular flexibility index (Phi) is 15.1. The second-order valence-electron chi connectivity index (χ2n) is 28.0. The highest BCUT2D eigenvalue weighted by Gasteiger charge is 2.49. The van der Waals surface area contributed by atoms with Gasteiger partial charge in [-0.25, -0.2) is 0 Å². The van der Waals surface area contributed by atoms with Crippen LogP contribution in [0.4, 0.5) is 102 Å². The highest BCUT2D eigenvalue weighted by atomic mass is 15.2. The fourth-order valence-corrected chi connectivity index (χ4v) is 16.6. The van der Waals surface area contributed by atoms with Crippen molar-refractivity contribution in [1.29, 1.82) is 0 Å². The smallest absolute Gasteiger partial charge is 0.252 e. The van der Waals surface area contributed by atoms with Gasteiger partial charge in [-0.15, -0.1) is 0 Å². The molecule has 0 bridgehead atoms. The van der Waals surface area contributed by atoms with Crippen LogP contribution in [-0.4, -0.2) is 13.4 Å². The first-order valence-corrected chi connectivity index (χ1v) is 35.1. The molecule has 0 saturated carbocycles. The Balaban J connectivity index is 1.01. The minimum absolute atomic E-state index is 0.173. The van der Waals surface area contributed by atoms with Gasteiger partial charge < -0.3 is 29.4 Å². The van der Waals surface area contributed by atoms with E-state index < -0.39 is 0 Å². The van der Waals surface area contributed by atoms with Crippen LogP contribution in [0.1, 0.15) is 101 Å². The van der Waals surface area contributed by atoms with Crippen molar-refractivity contribution in [2.75, 3.05) is 29.4 Å². The highest BCUT2D eigenvalue weighted by Crippen LogP contribution is 2.54. The van der Waals surface area contributed by atoms with E-state index in [9.17, 15) is 0 Å². The summed E-state index contributed by atoms with van der Waals surface area (Å²) in [6.07, 6.45) is 0. The molecule has 474 valence electrons. The second-order valence-corrected chi connectivity index (χ2v) is 28.0. The minimum Gasteiger partial charge on any atom is -0.311 e. The van der Waals surface area contributed by atoms with Crippen LogP contribution in [0.5, 0.6) is 0 Å². The molecule has 4 heterocycles. The molecule has 98 heavy (non-hydrogen) atoms. The van der Waals surface area contributed by atoms with Crippen molar-refractivity contribution >= 4 is 149 Å². The normalized spacial score (nSPS) is 13.1. The molecule has 0 N–H and O–H groups in total. The Morgan fingerprint density at radius 3 is 0.755 bits per heavy atom. The predicted octanol–water partition coefficient (Wildman–Crippen LogP) is 21.3. The van der Waals surface area contributed by atoms with E-state index in [4.69, 9.17) is 0 Å². The Labute approximate surface area is 579 Å². The van der Waals surface area contributed by atoms with Gasteiger partial charge in [-0.05, 0) is 194 Å². The Hall–Kier alpha value is -11.2. The fraction of sp³-hybridized carbons (Fsp3) is 0.133. The molecule has 4 aliphatic rings. The van der Waals surface area contributed by atoms with Crippen molar-refractivity contribution in [3.63, 3.8) is 0 Å². The van der Waals surface area contributed by atoms with E-state index in [0.717, 1.165) is 68.2 Å². The van der Waals surface area contributed by atoms with Gasteiger partial charge in [0.25, 0.3) is 13.4 Å². The highest BCUT2D eigenvalue weighted by molar-refractivity contribution is 7.03. The largest absolute Gasteiger partial charge is 0.311 e. The molecular formula is C90H78B2N6. The van der Waals surface area contributed by atoms with E-state index >= 15 is 0 Å². The molecule has 13 aromatic carbocycles. The molecule has 8 heteroatoms. The zero-order valence-electron chi connectivity index (χ0n) is 57.0. The number of rotatable bonds is 14. The molecule has 0 spiro atoms. The second kappa shape index (κ2) is 24.5. The maximum atomic E-state index is 2.66. The average Bonchev–Trinajstić information content (AvgIpc) is 0.685. The summed E-state index contributed by atoms with van der Waals surface area (Å²) in [4.78, 5) is 15.5. The van der Waals surface area contributed by atoms with Gasteiger partial charge in [0.15, 0.2) is 0 Å². The summed E-state index contributed by atoms with van der Waals surface area (Å²) >= 11 is 0. The molecule has 0 saturated heterocycles. The molecule has 0 unspecified atom stereocenters. The van der Waals surface area contributed by atoms with E-state index in [1.165, 1.54) is 89.2 Å². The first kappa shape index (κ1) is 60.5. The quantitative estimate of drug-likeness (QED) is 0.100. The third-order valence-electron chi connectivity index (χ3n) is 20.8. The lowest BCUT2D eigenvalue weighted by atomic mass is 9.30. The maximum Gasteiger partial charge on any atom is 0.252 e. The van der Waals surface area contributed by atoms with Crippen LogP contribution < -0.4 is 62.2 Å². The maximum absolute atomic E-state index is 2.66. The molecule has 0 amide bonds. The van der Waals surface area contributed by atoms with Crippen LogP contribution in [-0.2, 0) is 0 Å². The van der Waals surface area contributed by atoms with Crippen molar-refractivity contribution in [2.24, 2.45) is 0 Å². The first-order valence-electron chi connectivity index (χ1n) is 35.1. The zero-order chi connectivity index (χ0) is 66.4. The van der Waals surface area contributed by atoms with Crippen molar-refractivity contribution in [1.82, 2.24) is 0 Å². The molecule has 0 radical (unpaired) electrons. The lowest BCUT2D eigenvalue weighted by Gasteiger charge is -2.48. The summed E-state index contributed by atoms with van der Waals surface area (Å²) in [7, 11) is 0. The summed E-state index contributed by atoms with van der Waals surface area (Å²) in [6, 6.07) is 115. The van der Waals surface area contributed by atoms with E-state index in [0.29, 0.717) is 0 Å². The van der Waals surface area contributed by atoms with Crippen LogP contribution in [0.15, 0.2) is 303 Å². The molecule has 6 nitrogen and oxygen atoms in total. The van der Waals surface area contributed by atoms with E-state index in [-0.39, 0.29) is 37.1 Å². The minimum atomic E-state index is -0.173. The summed E-state index contributed by atoms with van der Waals surface area (Å²) in [6.45, 7) is 18.3. The molecular weight excluding hydrogens is 1190 g/mol. The van der Waals surface area contributed by atoms with Gasteiger partial charge in [-0.1, -0.05) is 243 Å². The Bertz CT molecular complexity index is 4760. The fourth-order valence-electron chi connectivity index (χ4n) is 16.6. The monoisotopic (exact) mass is 1260 g/mol. The van der Waals surface area contributed by atoms with Crippen molar-refractivity contribution in [3.05, 3.63) is 326 Å². The lowest BCUT2D eigenvalue weighted by molar-refractivity contribution is 0.854. The summed E-state index contributed by atoms with van der Waals surface area (Å²) in [5.41, 5.74) is 33.2. The number of benzene rings is 13. The van der Waals surface area contributed by atoms with Crippen molar-refractivity contribution in [2.45, 2.75) is 79.1 Å². The number of fused-ring (bicyclic) bond motifs is 8. The molecule has 0 aliphatic carbocycles. The van der Waals surface area contributed by atoms with Crippen LogP contribution in [0.3, 0.4) is 0 Å². The lowest BCUT2D eigenvalue weighted by Crippen LogP contribution is -2.65. The van der Waals surface area contributed by atoms with Crippen molar-refractivity contribution in [3.8, 4) is 0 Å². The zero-order valence-corrected chi connectivity index (χ0v) is 57.0. The average molecular weight is 1270 g/mol. The molecule has 13 aromatic rings. The van der Waals surface area contributed by atoms with Gasteiger partial charge in [0.2, 0.25) is 0 Å². The van der Waals surface area contributed by atoms with Gasteiger partial charge in [-0.3, -0.25) is 0 Å². The summed E-state index contributed by atoms with van der Waals surface area (Å²) in [5, 5.41) is 0. The Morgan fingerprint density at radius 1 is 0.224 bits per heavy atom. The predicted molar refractivity (Wildman–Crippen MR) is 420 cm³/mol. The summed E-state index contributed by atoms with van der Waals surface area (Å²) in [5.74, 6) is 1.01. The Morgan fingerprint density at radius 2 is 0.469 bits per heavy atom. The third-order valence-corrected chi connectivity index (χ3v) is 20.8. The molecule has 4 aliphatic heterocycles. The number of hydrogen-bond donors (Lipinski definition) is 0. The van der Waals surface area contributed by atoms with Crippen LogP contribution in [0.25, 0.3) is 0 Å². The molecule has 0 atom stereocenters. The SMILES string of the molecule is CC(C)c1ccccc1N(c1cc2c3c(c1)N(c1ccccc1)c1cc4c(cc1B3c1ccccc1N2c1ccccc1)B1c2ccccc2N(c2ccccc2)c2cc(N(c3ccccc3C(C)C)c3ccccc3C(C)C)cc(c21)N4c1ccccc1)c1ccccc1C(C)C. The standard InChI is InChI=1S/C90H78B2N6/c1-59(2)69-41-21-27-47-77(69)97(78-48-28-22-42-70(78)60(3)4)67-53-85-89-87(55-67)95(65-37-17-11-18-38-65)83-58-84-76(57-75(83)91(89)73-45-25-31-51-81(73)93(85)63-33-13-9-14-34-63)92-74-46-26-32-52-82(74)94(64-35-15-10-16-36-64)86-54-68(56-88(90(86)92)96(84)66-39-19-12-20-40-66)98(79-49-29-23-43-71(79)61(5)6)80-50-30-24-44-72(80)62(7)8/h9-62H,1-8H3. The van der Waals surface area contributed by atoms with Crippen LogP contribution in [0.2, 0.25) is 0 Å². The third kappa shape index (κ3) is 9.77. The van der Waals surface area contributed by atoms with Gasteiger partial charge >= 0.3 is 0 Å². The van der Waals surface area contributed by atoms with E-state index in [1.807, 2.05) is 0 Å². The number of hydrogen-bond acceptors (Lipinski definition) is 6. The van der Waals surface area contributed by atoms with Gasteiger partial charge in [0, 0.05) is 91.0 Å². The van der Waals surface area contributed by atoms with E-state index in [1.54, 1.807) is 0 Å². The van der Waals surface area contributed by atoms with Gasteiger partial charge in [0.05, 0.1) is 11.4 Å². The van der Waals surface area contributed by atoms with Crippen molar-refractivity contribution < 1.29 is 0 Å². The number of anilines is 18. The van der Waals surface area contributed by atoms with E-state index in [2.05, 4.69) is 388 Å². The molecule has 17 rings (SSSR count). The molecule has 0 fully saturated rings. The van der Waals surface area contributed by atoms with Crippen LogP contribution in [0, 0.1) is 0 Å². The van der Waals surface area contributed by atoms with Crippen LogP contribution >= 0.6 is 0 Å². The number of nitrogens with zero attached hydrogens (tertiary/aromatic N) is 6. The summed E-state index contributed by atoms with van der Waals surface area (Å²) < 4.78 is 0. The first-order chi connectivity index (χ1) is 48.0. The molecule has 0 aromatic heterocycles. The van der Waals surface area contributed by atoms with Gasteiger partial charge in [-0.2, -0.15) is 0 Å². The van der Waals surface area contributed by atoms with Gasteiger partial charge in [0.1, 0.15) is 0 Å².